The highest BCUT2D eigenvalue weighted by Crippen LogP contribution is 2.36. The molecule has 1 saturated heterocycles. The van der Waals surface area contributed by atoms with Gasteiger partial charge in [0, 0.05) is 6.54 Å². The Bertz CT molecular complexity index is 297. The third-order valence-corrected chi connectivity index (χ3v) is 2.78. The molecule has 1 aliphatic heterocycles. The SMILES string of the molecule is CC1(C)OC(=O)N(CCC(=O)O)[C@@]1(C)O. The first-order chi connectivity index (χ1) is 6.68. The molecule has 0 aromatic carbocycles. The lowest BCUT2D eigenvalue weighted by atomic mass is 9.96. The quantitative estimate of drug-likeness (QED) is 0.714. The van der Waals surface area contributed by atoms with Crippen molar-refractivity contribution >= 4 is 12.1 Å². The number of rotatable bonds is 3. The molecule has 0 unspecified atom stereocenters. The molecular weight excluding hydrogens is 202 g/mol. The smallest absolute Gasteiger partial charge is 0.412 e. The van der Waals surface area contributed by atoms with Crippen LogP contribution in [0.25, 0.3) is 0 Å². The van der Waals surface area contributed by atoms with Crippen molar-refractivity contribution in [3.63, 3.8) is 0 Å². The van der Waals surface area contributed by atoms with Crippen LogP contribution in [0.5, 0.6) is 0 Å². The molecule has 6 nitrogen and oxygen atoms in total. The Morgan fingerprint density at radius 3 is 2.33 bits per heavy atom. The second-order valence-electron chi connectivity index (χ2n) is 4.19. The number of aliphatic carboxylic acids is 1. The van der Waals surface area contributed by atoms with E-state index in [1.807, 2.05) is 0 Å². The highest BCUT2D eigenvalue weighted by Gasteiger charge is 2.56. The normalized spacial score (nSPS) is 29.1. The van der Waals surface area contributed by atoms with Crippen LogP contribution in [0.2, 0.25) is 0 Å². The van der Waals surface area contributed by atoms with Crippen LogP contribution in [0, 0.1) is 0 Å². The van der Waals surface area contributed by atoms with Crippen LogP contribution < -0.4 is 0 Å². The summed E-state index contributed by atoms with van der Waals surface area (Å²) in [4.78, 5) is 22.8. The van der Waals surface area contributed by atoms with Crippen molar-refractivity contribution in [2.45, 2.75) is 38.5 Å². The molecule has 1 rings (SSSR count). The predicted molar refractivity (Wildman–Crippen MR) is 50.1 cm³/mol. The van der Waals surface area contributed by atoms with Crippen LogP contribution >= 0.6 is 0 Å². The van der Waals surface area contributed by atoms with E-state index < -0.39 is 23.4 Å². The Balaban J connectivity index is 2.80. The van der Waals surface area contributed by atoms with Gasteiger partial charge in [-0.05, 0) is 20.8 Å². The minimum absolute atomic E-state index is 0.0649. The van der Waals surface area contributed by atoms with Gasteiger partial charge in [-0.1, -0.05) is 0 Å². The zero-order valence-corrected chi connectivity index (χ0v) is 8.98. The number of carboxylic acids is 1. The number of carbonyl (C=O) groups excluding carboxylic acids is 1. The summed E-state index contributed by atoms with van der Waals surface area (Å²) >= 11 is 0. The first kappa shape index (κ1) is 11.8. The van der Waals surface area contributed by atoms with Gasteiger partial charge in [-0.25, -0.2) is 4.79 Å². The van der Waals surface area contributed by atoms with E-state index in [1.54, 1.807) is 13.8 Å². The second kappa shape index (κ2) is 3.37. The van der Waals surface area contributed by atoms with E-state index in [-0.39, 0.29) is 13.0 Å². The molecule has 0 saturated carbocycles. The molecule has 1 fully saturated rings. The predicted octanol–water partition coefficient (Wildman–Crippen LogP) is 0.400. The van der Waals surface area contributed by atoms with E-state index in [9.17, 15) is 14.7 Å². The van der Waals surface area contributed by atoms with E-state index in [2.05, 4.69) is 0 Å². The fourth-order valence-corrected chi connectivity index (χ4v) is 1.39. The first-order valence-corrected chi connectivity index (χ1v) is 4.63. The van der Waals surface area contributed by atoms with Gasteiger partial charge in [-0.2, -0.15) is 0 Å². The van der Waals surface area contributed by atoms with E-state index in [0.29, 0.717) is 0 Å². The fraction of sp³-hybridized carbons (Fsp3) is 0.778. The minimum atomic E-state index is -1.49. The zero-order chi connectivity index (χ0) is 11.9. The number of cyclic esters (lactones) is 1. The highest BCUT2D eigenvalue weighted by molar-refractivity contribution is 5.73. The van der Waals surface area contributed by atoms with Gasteiger partial charge in [0.05, 0.1) is 6.42 Å². The molecule has 1 atom stereocenters. The number of amides is 1. The number of ether oxygens (including phenoxy) is 1. The molecule has 0 aromatic heterocycles. The summed E-state index contributed by atoms with van der Waals surface area (Å²) in [6, 6.07) is 0. The van der Waals surface area contributed by atoms with Gasteiger partial charge in [0.1, 0.15) is 0 Å². The molecule has 0 spiro atoms. The lowest BCUT2D eigenvalue weighted by Crippen LogP contribution is -2.53. The molecular formula is C9H15NO5. The van der Waals surface area contributed by atoms with Crippen molar-refractivity contribution in [1.82, 2.24) is 4.90 Å². The lowest BCUT2D eigenvalue weighted by Gasteiger charge is -2.34. The minimum Gasteiger partial charge on any atom is -0.481 e. The Morgan fingerprint density at radius 2 is 2.00 bits per heavy atom. The van der Waals surface area contributed by atoms with E-state index >= 15 is 0 Å². The van der Waals surface area contributed by atoms with Crippen molar-refractivity contribution in [2.75, 3.05) is 6.54 Å². The molecule has 1 aliphatic rings. The Morgan fingerprint density at radius 1 is 1.47 bits per heavy atom. The van der Waals surface area contributed by atoms with Gasteiger partial charge in [0.2, 0.25) is 0 Å². The summed E-state index contributed by atoms with van der Waals surface area (Å²) < 4.78 is 4.95. The van der Waals surface area contributed by atoms with E-state index in [4.69, 9.17) is 9.84 Å². The van der Waals surface area contributed by atoms with Gasteiger partial charge < -0.3 is 14.9 Å². The summed E-state index contributed by atoms with van der Waals surface area (Å²) in [6.45, 7) is 4.52. The number of hydrogen-bond acceptors (Lipinski definition) is 4. The van der Waals surface area contributed by atoms with Gasteiger partial charge in [-0.3, -0.25) is 9.69 Å². The molecule has 1 heterocycles. The van der Waals surface area contributed by atoms with Crippen molar-refractivity contribution in [3.8, 4) is 0 Å². The average Bonchev–Trinajstić information content (AvgIpc) is 2.15. The molecule has 1 amide bonds. The number of nitrogens with zero attached hydrogens (tertiary/aromatic N) is 1. The van der Waals surface area contributed by atoms with Crippen LogP contribution in [0.1, 0.15) is 27.2 Å². The van der Waals surface area contributed by atoms with Crippen molar-refractivity contribution < 1.29 is 24.5 Å². The summed E-state index contributed by atoms with van der Waals surface area (Å²) in [5, 5.41) is 18.6. The first-order valence-electron chi connectivity index (χ1n) is 4.63. The molecule has 86 valence electrons. The number of hydrogen-bond donors (Lipinski definition) is 2. The molecule has 0 aliphatic carbocycles. The molecule has 0 radical (unpaired) electrons. The summed E-state index contributed by atoms with van der Waals surface area (Å²) in [7, 11) is 0. The standard InChI is InChI=1S/C9H15NO5/c1-8(2)9(3,14)10(7(13)15-8)5-4-6(11)12/h14H,4-5H2,1-3H3,(H,11,12)/t9-/m0/s1. The molecule has 15 heavy (non-hydrogen) atoms. The van der Waals surface area contributed by atoms with Crippen LogP contribution in [0.4, 0.5) is 4.79 Å². The van der Waals surface area contributed by atoms with Gasteiger partial charge >= 0.3 is 12.1 Å². The highest BCUT2D eigenvalue weighted by atomic mass is 16.6. The molecule has 0 aromatic rings. The van der Waals surface area contributed by atoms with Crippen molar-refractivity contribution in [3.05, 3.63) is 0 Å². The summed E-state index contributed by atoms with van der Waals surface area (Å²) in [6.07, 6.45) is -0.910. The van der Waals surface area contributed by atoms with Crippen molar-refractivity contribution in [1.29, 1.82) is 0 Å². The lowest BCUT2D eigenvalue weighted by molar-refractivity contribution is -0.141. The van der Waals surface area contributed by atoms with E-state index in [0.717, 1.165) is 4.90 Å². The second-order valence-corrected chi connectivity index (χ2v) is 4.19. The summed E-state index contributed by atoms with van der Waals surface area (Å²) in [5.41, 5.74) is -2.53. The maximum atomic E-state index is 11.4. The number of carboxylic acid groups (broad SMARTS) is 1. The Hall–Kier alpha value is -1.30. The van der Waals surface area contributed by atoms with Gasteiger partial charge in [0.25, 0.3) is 0 Å². The van der Waals surface area contributed by atoms with Gasteiger partial charge in [-0.15, -0.1) is 0 Å². The number of carbonyl (C=O) groups is 2. The average molecular weight is 217 g/mol. The summed E-state index contributed by atoms with van der Waals surface area (Å²) in [5.74, 6) is -1.02. The molecule has 2 N–H and O–H groups in total. The van der Waals surface area contributed by atoms with Crippen LogP contribution in [-0.2, 0) is 9.53 Å². The fourth-order valence-electron chi connectivity index (χ4n) is 1.39. The maximum absolute atomic E-state index is 11.4. The largest absolute Gasteiger partial charge is 0.481 e. The van der Waals surface area contributed by atoms with Crippen LogP contribution in [0.3, 0.4) is 0 Å². The van der Waals surface area contributed by atoms with E-state index in [1.165, 1.54) is 6.92 Å². The van der Waals surface area contributed by atoms with Gasteiger partial charge in [0.15, 0.2) is 11.3 Å². The Labute approximate surface area is 87.4 Å². The monoisotopic (exact) mass is 217 g/mol. The topological polar surface area (TPSA) is 87.1 Å². The maximum Gasteiger partial charge on any atom is 0.412 e. The van der Waals surface area contributed by atoms with Crippen LogP contribution in [-0.4, -0.2) is 45.0 Å². The third-order valence-electron chi connectivity index (χ3n) is 2.78. The zero-order valence-electron chi connectivity index (χ0n) is 8.98. The number of aliphatic hydroxyl groups is 1. The molecule has 0 bridgehead atoms. The van der Waals surface area contributed by atoms with Crippen molar-refractivity contribution in [2.24, 2.45) is 0 Å². The molecule has 6 heteroatoms. The third kappa shape index (κ3) is 1.90. The Kier molecular flexibility index (Phi) is 2.65. The van der Waals surface area contributed by atoms with Crippen LogP contribution in [0.15, 0.2) is 0 Å².